The summed E-state index contributed by atoms with van der Waals surface area (Å²) in [5, 5.41) is 3.41. The van der Waals surface area contributed by atoms with Gasteiger partial charge < -0.3 is 10.2 Å². The monoisotopic (exact) mass is 504 g/mol. The summed E-state index contributed by atoms with van der Waals surface area (Å²) >= 11 is 12.0. The Balaban J connectivity index is 1.68. The van der Waals surface area contributed by atoms with Gasteiger partial charge in [-0.05, 0) is 73.9 Å². The molecule has 0 radical (unpaired) electrons. The van der Waals surface area contributed by atoms with Crippen molar-refractivity contribution in [2.24, 2.45) is 0 Å². The standard InChI is InChI=1S/C23H22Cl2N4O3S/c24-16-6-8-17(9-7-16)28-33(31,32)18-10-11-21(29-13-2-1-3-14-29)20(15-18)27-23(30)19-5-4-12-26-22(19)25/h4-12,15,28H,1-3,13-14H2,(H,27,30). The van der Waals surface area contributed by atoms with Gasteiger partial charge in [0, 0.05) is 30.0 Å². The second-order valence-electron chi connectivity index (χ2n) is 7.63. The Morgan fingerprint density at radius 2 is 1.70 bits per heavy atom. The molecule has 10 heteroatoms. The summed E-state index contributed by atoms with van der Waals surface area (Å²) in [4.78, 5) is 19.0. The number of rotatable bonds is 6. The highest BCUT2D eigenvalue weighted by atomic mass is 35.5. The zero-order chi connectivity index (χ0) is 23.4. The molecular formula is C23H22Cl2N4O3S. The molecule has 33 heavy (non-hydrogen) atoms. The fraction of sp³-hybridized carbons (Fsp3) is 0.217. The van der Waals surface area contributed by atoms with E-state index in [4.69, 9.17) is 23.2 Å². The van der Waals surface area contributed by atoms with Crippen LogP contribution in [0.25, 0.3) is 0 Å². The molecule has 0 bridgehead atoms. The van der Waals surface area contributed by atoms with E-state index in [1.807, 2.05) is 0 Å². The van der Waals surface area contributed by atoms with Crippen molar-refractivity contribution in [2.45, 2.75) is 24.2 Å². The van der Waals surface area contributed by atoms with E-state index < -0.39 is 15.9 Å². The molecule has 172 valence electrons. The summed E-state index contributed by atoms with van der Waals surface area (Å²) in [5.74, 6) is -0.466. The van der Waals surface area contributed by atoms with Crippen LogP contribution in [0, 0.1) is 0 Å². The zero-order valence-corrected chi connectivity index (χ0v) is 19.9. The molecule has 1 fully saturated rings. The maximum absolute atomic E-state index is 13.0. The lowest BCUT2D eigenvalue weighted by Gasteiger charge is -2.31. The molecule has 0 saturated carbocycles. The summed E-state index contributed by atoms with van der Waals surface area (Å²) in [7, 11) is -3.91. The van der Waals surface area contributed by atoms with Crippen molar-refractivity contribution in [1.29, 1.82) is 0 Å². The molecule has 1 aliphatic rings. The molecule has 0 unspecified atom stereocenters. The highest BCUT2D eigenvalue weighted by Crippen LogP contribution is 2.32. The minimum Gasteiger partial charge on any atom is -0.370 e. The molecule has 3 aromatic rings. The van der Waals surface area contributed by atoms with Crippen LogP contribution in [0.15, 0.2) is 65.7 Å². The Hall–Kier alpha value is -2.81. The fourth-order valence-electron chi connectivity index (χ4n) is 3.67. The quantitative estimate of drug-likeness (QED) is 0.436. The van der Waals surface area contributed by atoms with Crippen LogP contribution in [0.4, 0.5) is 17.1 Å². The predicted octanol–water partition coefficient (Wildman–Crippen LogP) is 5.43. The van der Waals surface area contributed by atoms with Gasteiger partial charge in [0.05, 0.1) is 21.8 Å². The Bertz CT molecular complexity index is 1260. The van der Waals surface area contributed by atoms with E-state index in [0.29, 0.717) is 16.4 Å². The zero-order valence-electron chi connectivity index (χ0n) is 17.6. The molecule has 0 aliphatic carbocycles. The largest absolute Gasteiger partial charge is 0.370 e. The summed E-state index contributed by atoms with van der Waals surface area (Å²) in [5.41, 5.74) is 1.73. The topological polar surface area (TPSA) is 91.4 Å². The first-order valence-electron chi connectivity index (χ1n) is 10.4. The van der Waals surface area contributed by atoms with Crippen molar-refractivity contribution < 1.29 is 13.2 Å². The van der Waals surface area contributed by atoms with Gasteiger partial charge in [0.15, 0.2) is 0 Å². The molecule has 0 spiro atoms. The molecule has 2 aromatic carbocycles. The van der Waals surface area contributed by atoms with Gasteiger partial charge in [0.1, 0.15) is 5.15 Å². The predicted molar refractivity (Wildman–Crippen MR) is 132 cm³/mol. The first kappa shape index (κ1) is 23.4. The number of halogens is 2. The number of nitrogens with zero attached hydrogens (tertiary/aromatic N) is 2. The maximum atomic E-state index is 13.0. The molecule has 1 amide bonds. The second-order valence-corrected chi connectivity index (χ2v) is 10.1. The first-order valence-corrected chi connectivity index (χ1v) is 12.7. The summed E-state index contributed by atoms with van der Waals surface area (Å²) in [6.45, 7) is 1.65. The van der Waals surface area contributed by atoms with Crippen LogP contribution in [0.3, 0.4) is 0 Å². The number of hydrogen-bond donors (Lipinski definition) is 2. The van der Waals surface area contributed by atoms with Crippen molar-refractivity contribution in [3.63, 3.8) is 0 Å². The average Bonchev–Trinajstić information content (AvgIpc) is 2.81. The van der Waals surface area contributed by atoms with Crippen LogP contribution >= 0.6 is 23.2 Å². The number of aromatic nitrogens is 1. The molecule has 1 saturated heterocycles. The number of sulfonamides is 1. The van der Waals surface area contributed by atoms with Crippen LogP contribution in [0.1, 0.15) is 29.6 Å². The Morgan fingerprint density at radius 3 is 2.39 bits per heavy atom. The molecule has 1 aromatic heterocycles. The van der Waals surface area contributed by atoms with Crippen molar-refractivity contribution in [1.82, 2.24) is 4.98 Å². The van der Waals surface area contributed by atoms with Crippen LogP contribution in [0.5, 0.6) is 0 Å². The number of nitrogens with one attached hydrogen (secondary N) is 2. The summed E-state index contributed by atoms with van der Waals surface area (Å²) in [6.07, 6.45) is 4.69. The molecule has 4 rings (SSSR count). The van der Waals surface area contributed by atoms with Gasteiger partial charge in [-0.15, -0.1) is 0 Å². The molecule has 1 aliphatic heterocycles. The number of carbonyl (C=O) groups excluding carboxylic acids is 1. The second kappa shape index (κ2) is 9.99. The van der Waals surface area contributed by atoms with Crippen molar-refractivity contribution in [2.75, 3.05) is 28.0 Å². The normalized spacial score (nSPS) is 14.1. The van der Waals surface area contributed by atoms with Gasteiger partial charge in [-0.2, -0.15) is 0 Å². The van der Waals surface area contributed by atoms with E-state index in [1.54, 1.807) is 42.5 Å². The smallest absolute Gasteiger partial charge is 0.261 e. The van der Waals surface area contributed by atoms with Gasteiger partial charge in [-0.3, -0.25) is 9.52 Å². The third-order valence-corrected chi connectivity index (χ3v) is 7.26. The van der Waals surface area contributed by atoms with Gasteiger partial charge >= 0.3 is 0 Å². The van der Waals surface area contributed by atoms with E-state index in [1.165, 1.54) is 18.3 Å². The maximum Gasteiger partial charge on any atom is 0.261 e. The van der Waals surface area contributed by atoms with Crippen molar-refractivity contribution in [3.05, 3.63) is 76.5 Å². The number of amides is 1. The Kier molecular flexibility index (Phi) is 7.07. The fourth-order valence-corrected chi connectivity index (χ4v) is 5.09. The van der Waals surface area contributed by atoms with Crippen molar-refractivity contribution >= 4 is 56.2 Å². The summed E-state index contributed by atoms with van der Waals surface area (Å²) in [6, 6.07) is 14.3. The number of pyridine rings is 1. The Morgan fingerprint density at radius 1 is 0.970 bits per heavy atom. The van der Waals surface area contributed by atoms with Crippen LogP contribution in [-0.2, 0) is 10.0 Å². The van der Waals surface area contributed by atoms with Crippen molar-refractivity contribution in [3.8, 4) is 0 Å². The van der Waals surface area contributed by atoms with Gasteiger partial charge in [0.2, 0.25) is 0 Å². The highest BCUT2D eigenvalue weighted by molar-refractivity contribution is 7.92. The minimum absolute atomic E-state index is 0.0193. The lowest BCUT2D eigenvalue weighted by molar-refractivity contribution is 0.102. The third-order valence-electron chi connectivity index (χ3n) is 5.32. The Labute approximate surface area is 202 Å². The van der Waals surface area contributed by atoms with Gasteiger partial charge in [-0.1, -0.05) is 23.2 Å². The van der Waals surface area contributed by atoms with E-state index >= 15 is 0 Å². The number of piperidine rings is 1. The number of anilines is 3. The van der Waals surface area contributed by atoms with Crippen LogP contribution < -0.4 is 14.9 Å². The number of carbonyl (C=O) groups is 1. The van der Waals surface area contributed by atoms with Gasteiger partial charge in [0.25, 0.3) is 15.9 Å². The molecule has 2 N–H and O–H groups in total. The first-order chi connectivity index (χ1) is 15.8. The molecule has 2 heterocycles. The van der Waals surface area contributed by atoms with E-state index in [-0.39, 0.29) is 15.6 Å². The van der Waals surface area contributed by atoms with E-state index in [9.17, 15) is 13.2 Å². The highest BCUT2D eigenvalue weighted by Gasteiger charge is 2.22. The lowest BCUT2D eigenvalue weighted by Crippen LogP contribution is -2.30. The number of benzene rings is 2. The lowest BCUT2D eigenvalue weighted by atomic mass is 10.1. The third kappa shape index (κ3) is 5.58. The summed E-state index contributed by atoms with van der Waals surface area (Å²) < 4.78 is 28.6. The van der Waals surface area contributed by atoms with E-state index in [2.05, 4.69) is 19.9 Å². The molecule has 7 nitrogen and oxygen atoms in total. The average molecular weight is 505 g/mol. The number of hydrogen-bond acceptors (Lipinski definition) is 5. The molecular weight excluding hydrogens is 483 g/mol. The van der Waals surface area contributed by atoms with Crippen LogP contribution in [0.2, 0.25) is 10.2 Å². The minimum atomic E-state index is -3.91. The SMILES string of the molecule is O=C(Nc1cc(S(=O)(=O)Nc2ccc(Cl)cc2)ccc1N1CCCCC1)c1cccnc1Cl. The van der Waals surface area contributed by atoms with E-state index in [0.717, 1.165) is 38.0 Å². The van der Waals surface area contributed by atoms with Gasteiger partial charge in [-0.25, -0.2) is 13.4 Å². The van der Waals surface area contributed by atoms with Crippen LogP contribution in [-0.4, -0.2) is 32.4 Å². The molecule has 0 atom stereocenters.